The predicted octanol–water partition coefficient (Wildman–Crippen LogP) is 4.77. The standard InChI is InChI=1S/C24H28FN3O3/c1-15(2)10-11-28-16(3)12-19(17(28)4)13-20(14-26)24(30)31-18(5)23(29)27-22-9-7-6-8-21(22)25/h6-9,12-13,15,18H,10-11H2,1-5H3,(H,27,29)/b20-13+. The highest BCUT2D eigenvalue weighted by Crippen LogP contribution is 2.20. The van der Waals surface area contributed by atoms with Crippen molar-refractivity contribution in [3.63, 3.8) is 0 Å². The minimum absolute atomic E-state index is 0.0136. The summed E-state index contributed by atoms with van der Waals surface area (Å²) in [7, 11) is 0. The van der Waals surface area contributed by atoms with Crippen LogP contribution < -0.4 is 5.32 Å². The zero-order chi connectivity index (χ0) is 23.1. The summed E-state index contributed by atoms with van der Waals surface area (Å²) in [6.45, 7) is 10.4. The van der Waals surface area contributed by atoms with Crippen LogP contribution >= 0.6 is 0 Å². The quantitative estimate of drug-likeness (QED) is 0.375. The Bertz CT molecular complexity index is 1030. The molecule has 2 rings (SSSR count). The maximum atomic E-state index is 13.7. The molecule has 1 amide bonds. The van der Waals surface area contributed by atoms with E-state index in [2.05, 4.69) is 23.7 Å². The second-order valence-electron chi connectivity index (χ2n) is 7.85. The Labute approximate surface area is 182 Å². The maximum absolute atomic E-state index is 13.7. The van der Waals surface area contributed by atoms with Crippen molar-refractivity contribution in [3.05, 3.63) is 58.7 Å². The number of halogens is 1. The number of carbonyl (C=O) groups excluding carboxylic acids is 2. The number of anilines is 1. The van der Waals surface area contributed by atoms with Gasteiger partial charge in [0.1, 0.15) is 17.5 Å². The number of nitrogens with one attached hydrogen (secondary N) is 1. The third-order valence-corrected chi connectivity index (χ3v) is 4.97. The molecule has 0 spiro atoms. The van der Waals surface area contributed by atoms with Crippen LogP contribution in [-0.4, -0.2) is 22.5 Å². The van der Waals surface area contributed by atoms with Gasteiger partial charge < -0.3 is 14.6 Å². The maximum Gasteiger partial charge on any atom is 0.349 e. The molecule has 1 aromatic carbocycles. The van der Waals surface area contributed by atoms with Crippen LogP contribution in [0.25, 0.3) is 6.08 Å². The highest BCUT2D eigenvalue weighted by Gasteiger charge is 2.22. The smallest absolute Gasteiger partial charge is 0.349 e. The van der Waals surface area contributed by atoms with Crippen LogP contribution in [0.2, 0.25) is 0 Å². The number of nitrogens with zero attached hydrogens (tertiary/aromatic N) is 2. The molecule has 0 fully saturated rings. The van der Waals surface area contributed by atoms with Gasteiger partial charge in [0, 0.05) is 17.9 Å². The van der Waals surface area contributed by atoms with E-state index in [0.717, 1.165) is 29.9 Å². The molecule has 0 radical (unpaired) electrons. The molecule has 1 unspecified atom stereocenters. The van der Waals surface area contributed by atoms with E-state index < -0.39 is 23.8 Å². The molecule has 0 aliphatic heterocycles. The van der Waals surface area contributed by atoms with Crippen LogP contribution in [0.3, 0.4) is 0 Å². The lowest BCUT2D eigenvalue weighted by atomic mass is 10.1. The average Bonchev–Trinajstić information content (AvgIpc) is 2.98. The van der Waals surface area contributed by atoms with Crippen LogP contribution in [0.1, 0.15) is 44.1 Å². The molecule has 164 valence electrons. The van der Waals surface area contributed by atoms with Gasteiger partial charge in [-0.3, -0.25) is 4.79 Å². The van der Waals surface area contributed by atoms with Crippen molar-refractivity contribution in [2.75, 3.05) is 5.32 Å². The minimum Gasteiger partial charge on any atom is -0.448 e. The fourth-order valence-corrected chi connectivity index (χ4v) is 3.07. The fraction of sp³-hybridized carbons (Fsp3) is 0.375. The van der Waals surface area contributed by atoms with Crippen molar-refractivity contribution in [2.45, 2.75) is 53.7 Å². The van der Waals surface area contributed by atoms with E-state index in [1.165, 1.54) is 31.2 Å². The van der Waals surface area contributed by atoms with Crippen molar-refractivity contribution in [1.29, 1.82) is 5.26 Å². The molecule has 31 heavy (non-hydrogen) atoms. The highest BCUT2D eigenvalue weighted by molar-refractivity contribution is 6.01. The van der Waals surface area contributed by atoms with Crippen molar-refractivity contribution >= 4 is 23.6 Å². The van der Waals surface area contributed by atoms with E-state index in [0.29, 0.717) is 5.92 Å². The first-order chi connectivity index (χ1) is 14.6. The lowest BCUT2D eigenvalue weighted by Crippen LogP contribution is -2.30. The summed E-state index contributed by atoms with van der Waals surface area (Å²) >= 11 is 0. The molecule has 1 atom stereocenters. The number of hydrogen-bond acceptors (Lipinski definition) is 4. The number of carbonyl (C=O) groups is 2. The molecule has 7 heteroatoms. The molecular weight excluding hydrogens is 397 g/mol. The van der Waals surface area contributed by atoms with E-state index in [1.54, 1.807) is 6.07 Å². The molecule has 0 aliphatic carbocycles. The first kappa shape index (κ1) is 23.9. The van der Waals surface area contributed by atoms with E-state index >= 15 is 0 Å². The Morgan fingerprint density at radius 2 is 1.94 bits per heavy atom. The summed E-state index contributed by atoms with van der Waals surface area (Å²) in [4.78, 5) is 24.7. The third kappa shape index (κ3) is 6.29. The molecule has 0 saturated carbocycles. The summed E-state index contributed by atoms with van der Waals surface area (Å²) < 4.78 is 21.0. The van der Waals surface area contributed by atoms with E-state index in [9.17, 15) is 19.2 Å². The average molecular weight is 426 g/mol. The Morgan fingerprint density at radius 1 is 1.26 bits per heavy atom. The third-order valence-electron chi connectivity index (χ3n) is 4.97. The van der Waals surface area contributed by atoms with Gasteiger partial charge in [-0.2, -0.15) is 5.26 Å². The minimum atomic E-state index is -1.21. The molecule has 0 bridgehead atoms. The van der Waals surface area contributed by atoms with Crippen LogP contribution in [0.4, 0.5) is 10.1 Å². The summed E-state index contributed by atoms with van der Waals surface area (Å²) in [6.07, 6.45) is 1.28. The van der Waals surface area contributed by atoms with E-state index in [-0.39, 0.29) is 11.3 Å². The fourth-order valence-electron chi connectivity index (χ4n) is 3.07. The second-order valence-corrected chi connectivity index (χ2v) is 7.85. The van der Waals surface area contributed by atoms with Gasteiger partial charge in [0.15, 0.2) is 6.10 Å². The SMILES string of the molecule is Cc1cc(/C=C(\C#N)C(=O)OC(C)C(=O)Nc2ccccc2F)c(C)n1CCC(C)C. The highest BCUT2D eigenvalue weighted by atomic mass is 19.1. The van der Waals surface area contributed by atoms with Crippen LogP contribution in [0.15, 0.2) is 35.9 Å². The number of hydrogen-bond donors (Lipinski definition) is 1. The van der Waals surface area contributed by atoms with Crippen LogP contribution in [0, 0.1) is 36.9 Å². The Morgan fingerprint density at radius 3 is 2.55 bits per heavy atom. The largest absolute Gasteiger partial charge is 0.448 e. The van der Waals surface area contributed by atoms with E-state index in [4.69, 9.17) is 4.74 Å². The summed E-state index contributed by atoms with van der Waals surface area (Å²) in [6, 6.07) is 9.44. The molecule has 0 aliphatic rings. The number of amides is 1. The number of aryl methyl sites for hydroxylation is 1. The molecule has 1 heterocycles. The van der Waals surface area contributed by atoms with Crippen LogP contribution in [-0.2, 0) is 20.9 Å². The number of benzene rings is 1. The van der Waals surface area contributed by atoms with Crippen molar-refractivity contribution in [3.8, 4) is 6.07 Å². The number of esters is 1. The molecule has 0 saturated heterocycles. The number of ether oxygens (including phenoxy) is 1. The van der Waals surface area contributed by atoms with Gasteiger partial charge in [-0.15, -0.1) is 0 Å². The summed E-state index contributed by atoms with van der Waals surface area (Å²) in [5.41, 5.74) is 2.50. The Hall–Kier alpha value is -3.40. The number of aromatic nitrogens is 1. The first-order valence-corrected chi connectivity index (χ1v) is 10.2. The normalized spacial score (nSPS) is 12.4. The predicted molar refractivity (Wildman–Crippen MR) is 118 cm³/mol. The van der Waals surface area contributed by atoms with Gasteiger partial charge in [-0.1, -0.05) is 26.0 Å². The van der Waals surface area contributed by atoms with Gasteiger partial charge in [0.2, 0.25) is 0 Å². The second kappa shape index (κ2) is 10.6. The van der Waals surface area contributed by atoms with Gasteiger partial charge in [0.25, 0.3) is 5.91 Å². The summed E-state index contributed by atoms with van der Waals surface area (Å²) in [5.74, 6) is -1.64. The lowest BCUT2D eigenvalue weighted by Gasteiger charge is -2.13. The van der Waals surface area contributed by atoms with Gasteiger partial charge in [-0.05, 0) is 62.9 Å². The molecule has 1 N–H and O–H groups in total. The van der Waals surface area contributed by atoms with Gasteiger partial charge in [-0.25, -0.2) is 9.18 Å². The molecule has 2 aromatic rings. The first-order valence-electron chi connectivity index (χ1n) is 10.2. The monoisotopic (exact) mass is 425 g/mol. The zero-order valence-corrected chi connectivity index (χ0v) is 18.5. The van der Waals surface area contributed by atoms with Gasteiger partial charge >= 0.3 is 5.97 Å². The molecular formula is C24H28FN3O3. The van der Waals surface area contributed by atoms with Crippen molar-refractivity contribution < 1.29 is 18.7 Å². The number of rotatable bonds is 8. The lowest BCUT2D eigenvalue weighted by molar-refractivity contribution is -0.148. The van der Waals surface area contributed by atoms with Crippen molar-refractivity contribution in [1.82, 2.24) is 4.57 Å². The van der Waals surface area contributed by atoms with Crippen molar-refractivity contribution in [2.24, 2.45) is 5.92 Å². The number of nitriles is 1. The summed E-state index contributed by atoms with van der Waals surface area (Å²) in [5, 5.41) is 11.8. The van der Waals surface area contributed by atoms with Crippen LogP contribution in [0.5, 0.6) is 0 Å². The molecule has 6 nitrogen and oxygen atoms in total. The van der Waals surface area contributed by atoms with E-state index in [1.807, 2.05) is 26.0 Å². The Kier molecular flexibility index (Phi) is 8.14. The topological polar surface area (TPSA) is 84.1 Å². The number of para-hydroxylation sites is 1. The molecule has 1 aromatic heterocycles. The van der Waals surface area contributed by atoms with Gasteiger partial charge in [0.05, 0.1) is 5.69 Å². The zero-order valence-electron chi connectivity index (χ0n) is 18.5. The Balaban J connectivity index is 2.12.